The largest absolute Gasteiger partial charge is 0.451 e. The normalized spacial score (nSPS) is 22.1. The number of ether oxygens (including phenoxy) is 1. The fourth-order valence-electron chi connectivity index (χ4n) is 3.45. The van der Waals surface area contributed by atoms with Gasteiger partial charge in [-0.05, 0) is 37.8 Å². The zero-order valence-corrected chi connectivity index (χ0v) is 14.4. The van der Waals surface area contributed by atoms with Crippen molar-refractivity contribution in [3.63, 3.8) is 0 Å². The summed E-state index contributed by atoms with van der Waals surface area (Å²) in [7, 11) is 1.61. The van der Waals surface area contributed by atoms with Crippen molar-refractivity contribution >= 4 is 17.4 Å². The first-order chi connectivity index (χ1) is 12.5. The molecule has 6 nitrogen and oxygen atoms in total. The average Bonchev–Trinajstić information content (AvgIpc) is 2.74. The third kappa shape index (κ3) is 2.99. The number of aromatic nitrogens is 1. The summed E-state index contributed by atoms with van der Waals surface area (Å²) in [5, 5.41) is 13.0. The molecule has 1 saturated carbocycles. The third-order valence-corrected chi connectivity index (χ3v) is 4.97. The van der Waals surface area contributed by atoms with E-state index in [1.54, 1.807) is 25.4 Å². The summed E-state index contributed by atoms with van der Waals surface area (Å²) < 4.78 is 20.0. The zero-order chi connectivity index (χ0) is 18.3. The van der Waals surface area contributed by atoms with Gasteiger partial charge in [-0.15, -0.1) is 0 Å². The van der Waals surface area contributed by atoms with Crippen molar-refractivity contribution < 1.29 is 19.0 Å². The van der Waals surface area contributed by atoms with Crippen molar-refractivity contribution in [1.29, 1.82) is 0 Å². The van der Waals surface area contributed by atoms with E-state index >= 15 is 0 Å². The van der Waals surface area contributed by atoms with Crippen LogP contribution in [0.1, 0.15) is 36.0 Å². The van der Waals surface area contributed by atoms with Crippen molar-refractivity contribution in [3.05, 3.63) is 41.8 Å². The topological polar surface area (TPSA) is 74.7 Å². The Kier molecular flexibility index (Phi) is 4.24. The molecule has 1 aromatic heterocycles. The van der Waals surface area contributed by atoms with Crippen LogP contribution in [0.15, 0.2) is 30.5 Å². The maximum absolute atomic E-state index is 14.2. The molecule has 0 bridgehead atoms. The Hall–Kier alpha value is -2.67. The van der Waals surface area contributed by atoms with E-state index in [4.69, 9.17) is 4.74 Å². The summed E-state index contributed by atoms with van der Waals surface area (Å²) in [6, 6.07) is 6.21. The van der Waals surface area contributed by atoms with Gasteiger partial charge in [0.05, 0.1) is 17.9 Å². The first kappa shape index (κ1) is 16.8. The van der Waals surface area contributed by atoms with Crippen LogP contribution in [0.2, 0.25) is 0 Å². The van der Waals surface area contributed by atoms with Gasteiger partial charge in [0.15, 0.2) is 17.3 Å². The lowest BCUT2D eigenvalue weighted by atomic mass is 9.93. The Bertz CT molecular complexity index is 850. The molecule has 2 aromatic rings. The van der Waals surface area contributed by atoms with Gasteiger partial charge in [-0.2, -0.15) is 0 Å². The van der Waals surface area contributed by atoms with Crippen LogP contribution in [-0.4, -0.2) is 35.2 Å². The second-order valence-corrected chi connectivity index (χ2v) is 6.77. The second-order valence-electron chi connectivity index (χ2n) is 6.77. The number of aliphatic hydroxyl groups excluding tert-OH is 1. The van der Waals surface area contributed by atoms with Crippen molar-refractivity contribution in [2.75, 3.05) is 17.3 Å². The molecule has 26 heavy (non-hydrogen) atoms. The molecule has 1 aromatic carbocycles. The lowest BCUT2D eigenvalue weighted by Gasteiger charge is -2.27. The first-order valence-corrected chi connectivity index (χ1v) is 8.72. The molecule has 0 saturated heterocycles. The van der Waals surface area contributed by atoms with Crippen molar-refractivity contribution in [2.24, 2.45) is 0 Å². The Labute approximate surface area is 150 Å². The molecule has 1 aliphatic carbocycles. The number of amides is 1. The van der Waals surface area contributed by atoms with Crippen molar-refractivity contribution in [3.8, 4) is 11.5 Å². The lowest BCUT2D eigenvalue weighted by Crippen LogP contribution is -2.28. The highest BCUT2D eigenvalue weighted by Gasteiger charge is 2.28. The SMILES string of the molecule is CN1C(=O)c2cccc(F)c2Oc2cc(NC3CCC(O)CC3)ncc21. The van der Waals surface area contributed by atoms with E-state index in [1.165, 1.54) is 17.0 Å². The van der Waals surface area contributed by atoms with E-state index in [9.17, 15) is 14.3 Å². The predicted molar refractivity (Wildman–Crippen MR) is 95.3 cm³/mol. The highest BCUT2D eigenvalue weighted by molar-refractivity contribution is 6.09. The molecule has 4 rings (SSSR count). The van der Waals surface area contributed by atoms with Gasteiger partial charge >= 0.3 is 0 Å². The molecule has 7 heteroatoms. The maximum Gasteiger partial charge on any atom is 0.262 e. The van der Waals surface area contributed by atoms with Crippen LogP contribution in [0.5, 0.6) is 11.5 Å². The molecule has 0 radical (unpaired) electrons. The van der Waals surface area contributed by atoms with Crippen LogP contribution >= 0.6 is 0 Å². The molecule has 1 aliphatic heterocycles. The highest BCUT2D eigenvalue weighted by atomic mass is 19.1. The van der Waals surface area contributed by atoms with Gasteiger partial charge in [-0.25, -0.2) is 9.37 Å². The zero-order valence-electron chi connectivity index (χ0n) is 14.4. The number of benzene rings is 1. The minimum Gasteiger partial charge on any atom is -0.451 e. The van der Waals surface area contributed by atoms with Gasteiger partial charge in [0, 0.05) is 19.2 Å². The van der Waals surface area contributed by atoms with Gasteiger partial charge in [0.2, 0.25) is 0 Å². The number of nitrogens with zero attached hydrogens (tertiary/aromatic N) is 2. The smallest absolute Gasteiger partial charge is 0.262 e. The van der Waals surface area contributed by atoms with E-state index in [0.29, 0.717) is 17.3 Å². The Balaban J connectivity index is 1.65. The number of pyridine rings is 1. The van der Waals surface area contributed by atoms with Crippen LogP contribution in [0.3, 0.4) is 0 Å². The number of carbonyl (C=O) groups is 1. The molecule has 1 fully saturated rings. The number of para-hydroxylation sites is 1. The molecule has 2 N–H and O–H groups in total. The van der Waals surface area contributed by atoms with Crippen LogP contribution in [0.25, 0.3) is 0 Å². The van der Waals surface area contributed by atoms with Gasteiger partial charge in [0.1, 0.15) is 11.5 Å². The molecule has 0 unspecified atom stereocenters. The number of anilines is 2. The quantitative estimate of drug-likeness (QED) is 0.862. The van der Waals surface area contributed by atoms with Crippen LogP contribution in [0.4, 0.5) is 15.9 Å². The molecule has 1 amide bonds. The number of hydrogen-bond acceptors (Lipinski definition) is 5. The van der Waals surface area contributed by atoms with Gasteiger partial charge < -0.3 is 20.1 Å². The Morgan fingerprint density at radius 3 is 2.85 bits per heavy atom. The number of hydrogen-bond donors (Lipinski definition) is 2. The standard InChI is InChI=1S/C19H20FN3O3/c1-23-15-10-21-17(22-11-5-7-12(24)8-6-11)9-16(15)26-18-13(19(23)25)3-2-4-14(18)20/h2-4,9-12,24H,5-8H2,1H3,(H,21,22). The van der Waals surface area contributed by atoms with Crippen molar-refractivity contribution in [2.45, 2.75) is 37.8 Å². The summed E-state index contributed by atoms with van der Waals surface area (Å²) in [4.78, 5) is 18.4. The maximum atomic E-state index is 14.2. The monoisotopic (exact) mass is 357 g/mol. The van der Waals surface area contributed by atoms with E-state index in [2.05, 4.69) is 10.3 Å². The number of nitrogens with one attached hydrogen (secondary N) is 1. The number of fused-ring (bicyclic) bond motifs is 2. The Morgan fingerprint density at radius 1 is 1.31 bits per heavy atom. The lowest BCUT2D eigenvalue weighted by molar-refractivity contribution is 0.0992. The van der Waals surface area contributed by atoms with Crippen LogP contribution in [-0.2, 0) is 0 Å². The van der Waals surface area contributed by atoms with Crippen molar-refractivity contribution in [1.82, 2.24) is 4.98 Å². The van der Waals surface area contributed by atoms with Gasteiger partial charge in [-0.1, -0.05) is 6.07 Å². The summed E-state index contributed by atoms with van der Waals surface area (Å²) in [5.74, 6) is -0.0171. The minimum absolute atomic E-state index is 0.0685. The second kappa shape index (κ2) is 6.57. The molecule has 0 spiro atoms. The number of rotatable bonds is 2. The molecule has 0 atom stereocenters. The van der Waals surface area contributed by atoms with Gasteiger partial charge in [0.25, 0.3) is 5.91 Å². The van der Waals surface area contributed by atoms with Crippen LogP contribution < -0.4 is 15.0 Å². The average molecular weight is 357 g/mol. The Morgan fingerprint density at radius 2 is 2.08 bits per heavy atom. The summed E-state index contributed by atoms with van der Waals surface area (Å²) >= 11 is 0. The fraction of sp³-hybridized carbons (Fsp3) is 0.368. The summed E-state index contributed by atoms with van der Waals surface area (Å²) in [6.45, 7) is 0. The molecule has 2 heterocycles. The highest BCUT2D eigenvalue weighted by Crippen LogP contribution is 2.40. The summed E-state index contributed by atoms with van der Waals surface area (Å²) in [5.41, 5.74) is 0.662. The first-order valence-electron chi connectivity index (χ1n) is 8.72. The predicted octanol–water partition coefficient (Wildman–Crippen LogP) is 3.32. The van der Waals surface area contributed by atoms with E-state index in [1.807, 2.05) is 0 Å². The number of aliphatic hydroxyl groups is 1. The number of carbonyl (C=O) groups excluding carboxylic acids is 1. The minimum atomic E-state index is -0.579. The van der Waals surface area contributed by atoms with E-state index in [-0.39, 0.29) is 29.4 Å². The fourth-order valence-corrected chi connectivity index (χ4v) is 3.45. The molecular formula is C19H20FN3O3. The molecule has 136 valence electrons. The van der Waals surface area contributed by atoms with E-state index in [0.717, 1.165) is 25.7 Å². The third-order valence-electron chi connectivity index (χ3n) is 4.97. The number of halogens is 1. The van der Waals surface area contributed by atoms with Crippen LogP contribution in [0, 0.1) is 5.82 Å². The van der Waals surface area contributed by atoms with E-state index < -0.39 is 5.82 Å². The summed E-state index contributed by atoms with van der Waals surface area (Å²) in [6.07, 6.45) is 4.56. The molecular weight excluding hydrogens is 337 g/mol. The van der Waals surface area contributed by atoms with Gasteiger partial charge in [-0.3, -0.25) is 4.79 Å². The molecule has 2 aliphatic rings.